The Kier molecular flexibility index (Phi) is 8.44. The number of anilines is 2. The standard InChI is InChI=1S/C27H30N2O3/c1-3-4-6-14-26(30)28-23-12-9-13-24(19-23)29-27(31)20(2)32-25-17-15-22(16-18-25)21-10-7-5-8-11-21/h5,7-13,15-20H,3-4,6,14H2,1-2H3,(H,28,30)(H,29,31). The van der Waals surface area contributed by atoms with E-state index in [-0.39, 0.29) is 11.8 Å². The molecule has 0 radical (unpaired) electrons. The van der Waals surface area contributed by atoms with Crippen LogP contribution in [0.3, 0.4) is 0 Å². The number of hydrogen-bond donors (Lipinski definition) is 2. The highest BCUT2D eigenvalue weighted by atomic mass is 16.5. The van der Waals surface area contributed by atoms with Crippen LogP contribution in [0.1, 0.15) is 39.5 Å². The summed E-state index contributed by atoms with van der Waals surface area (Å²) in [6.07, 6.45) is 2.81. The molecule has 2 amide bonds. The first-order valence-electron chi connectivity index (χ1n) is 11.1. The molecule has 0 aliphatic rings. The molecule has 3 aromatic rings. The molecule has 1 atom stereocenters. The molecule has 166 valence electrons. The van der Waals surface area contributed by atoms with Crippen molar-refractivity contribution in [2.75, 3.05) is 10.6 Å². The van der Waals surface area contributed by atoms with E-state index in [9.17, 15) is 9.59 Å². The molecule has 2 N–H and O–H groups in total. The molecular weight excluding hydrogens is 400 g/mol. The number of benzene rings is 3. The Morgan fingerprint density at radius 2 is 1.47 bits per heavy atom. The third kappa shape index (κ3) is 6.98. The molecule has 0 saturated heterocycles. The van der Waals surface area contributed by atoms with E-state index in [1.165, 1.54) is 0 Å². The van der Waals surface area contributed by atoms with E-state index in [1.807, 2.05) is 60.7 Å². The second-order valence-corrected chi connectivity index (χ2v) is 7.73. The highest BCUT2D eigenvalue weighted by Crippen LogP contribution is 2.23. The molecule has 0 aliphatic heterocycles. The molecule has 0 bridgehead atoms. The number of hydrogen-bond acceptors (Lipinski definition) is 3. The van der Waals surface area contributed by atoms with Gasteiger partial charge < -0.3 is 15.4 Å². The highest BCUT2D eigenvalue weighted by Gasteiger charge is 2.15. The van der Waals surface area contributed by atoms with Crippen molar-refractivity contribution < 1.29 is 14.3 Å². The summed E-state index contributed by atoms with van der Waals surface area (Å²) >= 11 is 0. The first-order valence-corrected chi connectivity index (χ1v) is 11.1. The van der Waals surface area contributed by atoms with Crippen LogP contribution in [0.4, 0.5) is 11.4 Å². The van der Waals surface area contributed by atoms with Crippen LogP contribution in [-0.4, -0.2) is 17.9 Å². The first-order chi connectivity index (χ1) is 15.5. The number of unbranched alkanes of at least 4 members (excludes halogenated alkanes) is 2. The van der Waals surface area contributed by atoms with Crippen molar-refractivity contribution in [3.05, 3.63) is 78.9 Å². The topological polar surface area (TPSA) is 67.4 Å². The lowest BCUT2D eigenvalue weighted by atomic mass is 10.1. The Morgan fingerprint density at radius 1 is 0.812 bits per heavy atom. The minimum atomic E-state index is -0.676. The number of nitrogens with one attached hydrogen (secondary N) is 2. The summed E-state index contributed by atoms with van der Waals surface area (Å²) in [5, 5.41) is 5.73. The minimum absolute atomic E-state index is 0.0161. The van der Waals surface area contributed by atoms with Gasteiger partial charge in [0.05, 0.1) is 0 Å². The molecule has 5 heteroatoms. The van der Waals surface area contributed by atoms with Gasteiger partial charge in [0.15, 0.2) is 6.10 Å². The van der Waals surface area contributed by atoms with Gasteiger partial charge in [-0.05, 0) is 54.8 Å². The van der Waals surface area contributed by atoms with Gasteiger partial charge in [0, 0.05) is 17.8 Å². The van der Waals surface area contributed by atoms with Crippen molar-refractivity contribution >= 4 is 23.2 Å². The van der Waals surface area contributed by atoms with Gasteiger partial charge in [-0.2, -0.15) is 0 Å². The van der Waals surface area contributed by atoms with Crippen LogP contribution < -0.4 is 15.4 Å². The molecule has 1 unspecified atom stereocenters. The lowest BCUT2D eigenvalue weighted by molar-refractivity contribution is -0.122. The molecule has 0 heterocycles. The van der Waals surface area contributed by atoms with Crippen molar-refractivity contribution in [1.82, 2.24) is 0 Å². The average molecular weight is 431 g/mol. The lowest BCUT2D eigenvalue weighted by Gasteiger charge is -2.15. The Labute approximate surface area is 189 Å². The maximum atomic E-state index is 12.6. The number of rotatable bonds is 10. The van der Waals surface area contributed by atoms with E-state index in [2.05, 4.69) is 17.6 Å². The molecular formula is C27H30N2O3. The van der Waals surface area contributed by atoms with Crippen LogP contribution in [0.2, 0.25) is 0 Å². The summed E-state index contributed by atoms with van der Waals surface area (Å²) < 4.78 is 5.81. The van der Waals surface area contributed by atoms with Crippen molar-refractivity contribution in [2.45, 2.75) is 45.6 Å². The van der Waals surface area contributed by atoms with Crippen molar-refractivity contribution in [1.29, 1.82) is 0 Å². The van der Waals surface area contributed by atoms with Gasteiger partial charge in [-0.25, -0.2) is 0 Å². The molecule has 0 aromatic heterocycles. The largest absolute Gasteiger partial charge is 0.481 e. The average Bonchev–Trinajstić information content (AvgIpc) is 2.80. The van der Waals surface area contributed by atoms with Crippen molar-refractivity contribution in [3.8, 4) is 16.9 Å². The molecule has 0 aliphatic carbocycles. The Hall–Kier alpha value is -3.60. The SMILES string of the molecule is CCCCCC(=O)Nc1cccc(NC(=O)C(C)Oc2ccc(-c3ccccc3)cc2)c1. The van der Waals surface area contributed by atoms with Gasteiger partial charge in [0.1, 0.15) is 5.75 Å². The minimum Gasteiger partial charge on any atom is -0.481 e. The van der Waals surface area contributed by atoms with Crippen LogP contribution >= 0.6 is 0 Å². The summed E-state index contributed by atoms with van der Waals surface area (Å²) in [5.41, 5.74) is 3.48. The summed E-state index contributed by atoms with van der Waals surface area (Å²) in [7, 11) is 0. The van der Waals surface area contributed by atoms with Gasteiger partial charge >= 0.3 is 0 Å². The molecule has 5 nitrogen and oxygen atoms in total. The monoisotopic (exact) mass is 430 g/mol. The number of ether oxygens (including phenoxy) is 1. The van der Waals surface area contributed by atoms with Gasteiger partial charge in [0.2, 0.25) is 5.91 Å². The van der Waals surface area contributed by atoms with E-state index >= 15 is 0 Å². The quantitative estimate of drug-likeness (QED) is 0.372. The van der Waals surface area contributed by atoms with Crippen LogP contribution in [0.5, 0.6) is 5.75 Å². The van der Waals surface area contributed by atoms with Gasteiger partial charge in [-0.3, -0.25) is 9.59 Å². The predicted molar refractivity (Wildman–Crippen MR) is 130 cm³/mol. The predicted octanol–water partition coefficient (Wildman–Crippen LogP) is 6.28. The van der Waals surface area contributed by atoms with Gasteiger partial charge in [-0.15, -0.1) is 0 Å². The number of amides is 2. The summed E-state index contributed by atoms with van der Waals surface area (Å²) in [6, 6.07) is 24.9. The molecule has 0 spiro atoms. The van der Waals surface area contributed by atoms with Crippen LogP contribution in [0, 0.1) is 0 Å². The van der Waals surface area contributed by atoms with E-state index < -0.39 is 6.10 Å². The molecule has 32 heavy (non-hydrogen) atoms. The zero-order valence-electron chi connectivity index (χ0n) is 18.6. The second kappa shape index (κ2) is 11.7. The molecule has 3 rings (SSSR count). The summed E-state index contributed by atoms with van der Waals surface area (Å²) in [5.74, 6) is 0.349. The molecule has 0 fully saturated rings. The van der Waals surface area contributed by atoms with Crippen molar-refractivity contribution in [2.24, 2.45) is 0 Å². The fourth-order valence-electron chi connectivity index (χ4n) is 3.29. The smallest absolute Gasteiger partial charge is 0.265 e. The van der Waals surface area contributed by atoms with Crippen LogP contribution in [0.25, 0.3) is 11.1 Å². The zero-order valence-corrected chi connectivity index (χ0v) is 18.6. The summed E-state index contributed by atoms with van der Waals surface area (Å²) in [4.78, 5) is 24.6. The van der Waals surface area contributed by atoms with Crippen molar-refractivity contribution in [3.63, 3.8) is 0 Å². The third-order valence-electron chi connectivity index (χ3n) is 5.06. The third-order valence-corrected chi connectivity index (χ3v) is 5.06. The normalized spacial score (nSPS) is 11.4. The zero-order chi connectivity index (χ0) is 22.8. The number of carbonyl (C=O) groups is 2. The van der Waals surface area contributed by atoms with E-state index in [0.29, 0.717) is 23.5 Å². The maximum Gasteiger partial charge on any atom is 0.265 e. The number of carbonyl (C=O) groups excluding carboxylic acids is 2. The highest BCUT2D eigenvalue weighted by molar-refractivity contribution is 5.96. The van der Waals surface area contributed by atoms with E-state index in [1.54, 1.807) is 25.1 Å². The fourth-order valence-corrected chi connectivity index (χ4v) is 3.29. The Bertz CT molecular complexity index is 1020. The molecule has 3 aromatic carbocycles. The summed E-state index contributed by atoms with van der Waals surface area (Å²) in [6.45, 7) is 3.81. The van der Waals surface area contributed by atoms with Gasteiger partial charge in [-0.1, -0.05) is 68.3 Å². The Balaban J connectivity index is 1.53. The first kappa shape index (κ1) is 23.1. The maximum absolute atomic E-state index is 12.6. The molecule has 0 saturated carbocycles. The van der Waals surface area contributed by atoms with E-state index in [4.69, 9.17) is 4.74 Å². The lowest BCUT2D eigenvalue weighted by Crippen LogP contribution is -2.30. The fraction of sp³-hybridized carbons (Fsp3) is 0.259. The van der Waals surface area contributed by atoms with E-state index in [0.717, 1.165) is 30.4 Å². The Morgan fingerprint density at radius 3 is 2.16 bits per heavy atom. The second-order valence-electron chi connectivity index (χ2n) is 7.73. The van der Waals surface area contributed by atoms with Crippen LogP contribution in [-0.2, 0) is 9.59 Å². The van der Waals surface area contributed by atoms with Gasteiger partial charge in [0.25, 0.3) is 5.91 Å². The van der Waals surface area contributed by atoms with Crippen LogP contribution in [0.15, 0.2) is 78.9 Å².